The fraction of sp³-hybridized carbons (Fsp3) is 0.571. The van der Waals surface area contributed by atoms with Crippen molar-refractivity contribution in [2.45, 2.75) is 55.6 Å². The molecule has 0 spiro atoms. The van der Waals surface area contributed by atoms with Crippen molar-refractivity contribution in [3.05, 3.63) is 23.5 Å². The monoisotopic (exact) mass is 527 g/mol. The smallest absolute Gasteiger partial charge is 0.291 e. The van der Waals surface area contributed by atoms with E-state index in [1.165, 1.54) is 17.0 Å². The van der Waals surface area contributed by atoms with E-state index in [9.17, 15) is 17.2 Å². The number of methoxy groups -OCH3 is 1. The summed E-state index contributed by atoms with van der Waals surface area (Å²) >= 11 is 0.741. The normalized spacial score (nSPS) is 22.3. The van der Waals surface area contributed by atoms with Gasteiger partial charge < -0.3 is 15.0 Å². The highest BCUT2D eigenvalue weighted by molar-refractivity contribution is 7.89. The van der Waals surface area contributed by atoms with E-state index in [4.69, 9.17) is 4.74 Å². The van der Waals surface area contributed by atoms with Gasteiger partial charge in [-0.05, 0) is 38.8 Å². The molecular weight excluding hydrogens is 500 g/mol. The zero-order valence-electron chi connectivity index (χ0n) is 19.5. The largest absolute Gasteiger partial charge is 0.383 e. The Morgan fingerprint density at radius 2 is 2.09 bits per heavy atom. The van der Waals surface area contributed by atoms with Gasteiger partial charge in [-0.2, -0.15) is 0 Å². The second kappa shape index (κ2) is 9.00. The Bertz CT molecular complexity index is 1340. The first-order valence-corrected chi connectivity index (χ1v) is 13.6. The van der Waals surface area contributed by atoms with Crippen LogP contribution in [-0.4, -0.2) is 72.6 Å². The van der Waals surface area contributed by atoms with Crippen molar-refractivity contribution in [3.63, 3.8) is 0 Å². The summed E-state index contributed by atoms with van der Waals surface area (Å²) in [5.74, 6) is 0. The predicted molar refractivity (Wildman–Crippen MR) is 128 cm³/mol. The average Bonchev–Trinajstić information content (AvgIpc) is 3.17. The molecule has 2 aromatic heterocycles. The van der Waals surface area contributed by atoms with E-state index < -0.39 is 27.0 Å². The number of piperazine rings is 1. The number of imidazole rings is 1. The van der Waals surface area contributed by atoms with Gasteiger partial charge >= 0.3 is 0 Å². The number of hydrogen-bond donors (Lipinski definition) is 2. The summed E-state index contributed by atoms with van der Waals surface area (Å²) in [6, 6.07) is 3.32. The molecule has 1 aliphatic heterocycles. The van der Waals surface area contributed by atoms with Crippen molar-refractivity contribution in [1.29, 1.82) is 0 Å². The number of fused-ring (bicyclic) bond motifs is 1. The Labute approximate surface area is 205 Å². The van der Waals surface area contributed by atoms with Crippen molar-refractivity contribution in [3.8, 4) is 5.13 Å². The lowest BCUT2D eigenvalue weighted by atomic mass is 10.1. The summed E-state index contributed by atoms with van der Waals surface area (Å²) in [5.41, 5.74) is 1.21. The third kappa shape index (κ3) is 4.89. The molecule has 1 aliphatic carbocycles. The maximum atomic E-state index is 13.3. The van der Waals surface area contributed by atoms with Gasteiger partial charge in [0, 0.05) is 37.8 Å². The summed E-state index contributed by atoms with van der Waals surface area (Å²) < 4.78 is 62.6. The number of halogens is 2. The molecule has 35 heavy (non-hydrogen) atoms. The van der Waals surface area contributed by atoms with E-state index in [1.54, 1.807) is 13.2 Å². The van der Waals surface area contributed by atoms with E-state index in [0.717, 1.165) is 24.2 Å². The van der Waals surface area contributed by atoms with Gasteiger partial charge in [-0.15, -0.1) is 10.2 Å². The van der Waals surface area contributed by atoms with Crippen LogP contribution in [0.3, 0.4) is 0 Å². The summed E-state index contributed by atoms with van der Waals surface area (Å²) in [7, 11) is -2.20. The van der Waals surface area contributed by atoms with E-state index in [2.05, 4.69) is 30.1 Å². The minimum absolute atomic E-state index is 0.0430. The third-order valence-corrected chi connectivity index (χ3v) is 8.83. The molecule has 1 saturated carbocycles. The van der Waals surface area contributed by atoms with Crippen molar-refractivity contribution >= 4 is 38.1 Å². The summed E-state index contributed by atoms with van der Waals surface area (Å²) in [6.07, 6.45) is 0.267. The number of nitrogens with zero attached hydrogens (tertiary/aromatic N) is 5. The number of nitrogens with one attached hydrogen (secondary N) is 2. The van der Waals surface area contributed by atoms with Crippen LogP contribution in [0.4, 0.5) is 14.5 Å². The predicted octanol–water partition coefficient (Wildman–Crippen LogP) is 2.46. The van der Waals surface area contributed by atoms with Crippen LogP contribution in [0.1, 0.15) is 38.1 Å². The molecule has 5 rings (SSSR count). The first-order chi connectivity index (χ1) is 16.6. The quantitative estimate of drug-likeness (QED) is 0.459. The minimum atomic E-state index is -3.84. The van der Waals surface area contributed by atoms with Gasteiger partial charge in [0.25, 0.3) is 6.43 Å². The molecule has 190 valence electrons. The summed E-state index contributed by atoms with van der Waals surface area (Å²) in [4.78, 5) is 6.71. The third-order valence-electron chi connectivity index (χ3n) is 6.28. The van der Waals surface area contributed by atoms with Gasteiger partial charge in [-0.1, -0.05) is 11.3 Å². The molecule has 1 aromatic carbocycles. The molecule has 2 fully saturated rings. The number of aromatic nitrogens is 4. The topological polar surface area (TPSA) is 114 Å². The number of sulfonamides is 1. The number of hydrogen-bond acceptors (Lipinski definition) is 9. The highest BCUT2D eigenvalue weighted by Crippen LogP contribution is 2.38. The second-order valence-electron chi connectivity index (χ2n) is 9.44. The lowest BCUT2D eigenvalue weighted by Crippen LogP contribution is -2.57. The van der Waals surface area contributed by atoms with Crippen molar-refractivity contribution in [2.75, 3.05) is 31.7 Å². The molecular formula is C21H27F2N7O3S2. The van der Waals surface area contributed by atoms with Gasteiger partial charge in [0.2, 0.25) is 15.2 Å². The fourth-order valence-corrected chi connectivity index (χ4v) is 6.57. The minimum Gasteiger partial charge on any atom is -0.383 e. The standard InChI is InChI=1S/C21H27F2N7O3S2/c1-12-8-29(9-13(25-12)10-33-3)15-6-14(35(31,32)28-21(2)4-5-21)7-16-17(15)24-11-30(16)20-27-26-19(34-20)18(22)23/h6-7,11-13,18,25,28H,4-5,8-10H2,1-3H3. The summed E-state index contributed by atoms with van der Waals surface area (Å²) in [6.45, 7) is 5.63. The molecule has 3 heterocycles. The molecule has 14 heteroatoms. The second-order valence-corrected chi connectivity index (χ2v) is 12.1. The zero-order valence-corrected chi connectivity index (χ0v) is 21.2. The Balaban J connectivity index is 1.64. The van der Waals surface area contributed by atoms with Crippen LogP contribution in [0.15, 0.2) is 23.4 Å². The number of ether oxygens (including phenoxy) is 1. The summed E-state index contributed by atoms with van der Waals surface area (Å²) in [5, 5.41) is 10.7. The zero-order chi connectivity index (χ0) is 25.0. The Morgan fingerprint density at radius 1 is 1.31 bits per heavy atom. The maximum Gasteiger partial charge on any atom is 0.291 e. The Kier molecular flexibility index (Phi) is 6.28. The molecule has 0 amide bonds. The average molecular weight is 528 g/mol. The fourth-order valence-electron chi connectivity index (χ4n) is 4.38. The van der Waals surface area contributed by atoms with E-state index in [0.29, 0.717) is 36.4 Å². The van der Waals surface area contributed by atoms with Crippen LogP contribution in [0.25, 0.3) is 16.2 Å². The highest BCUT2D eigenvalue weighted by Gasteiger charge is 2.41. The lowest BCUT2D eigenvalue weighted by Gasteiger charge is -2.39. The van der Waals surface area contributed by atoms with E-state index >= 15 is 0 Å². The van der Waals surface area contributed by atoms with Crippen molar-refractivity contribution in [2.24, 2.45) is 0 Å². The van der Waals surface area contributed by atoms with Crippen LogP contribution >= 0.6 is 11.3 Å². The molecule has 2 N–H and O–H groups in total. The molecule has 0 bridgehead atoms. The SMILES string of the molecule is COCC1CN(c2cc(S(=O)(=O)NC3(C)CC3)cc3c2ncn3-c2nnc(C(F)F)s2)CC(C)N1. The molecule has 3 aromatic rings. The van der Waals surface area contributed by atoms with Gasteiger partial charge in [0.1, 0.15) is 11.8 Å². The van der Waals surface area contributed by atoms with Gasteiger partial charge in [-0.3, -0.25) is 4.57 Å². The molecule has 2 unspecified atom stereocenters. The van der Waals surface area contributed by atoms with Crippen molar-refractivity contribution < 1.29 is 21.9 Å². The maximum absolute atomic E-state index is 13.3. The van der Waals surface area contributed by atoms with Crippen molar-refractivity contribution in [1.82, 2.24) is 29.8 Å². The number of benzene rings is 1. The van der Waals surface area contributed by atoms with Gasteiger partial charge in [0.15, 0.2) is 5.01 Å². The number of anilines is 1. The van der Waals surface area contributed by atoms with E-state index in [1.807, 2.05) is 13.8 Å². The van der Waals surface area contributed by atoms with Crippen LogP contribution in [0, 0.1) is 0 Å². The van der Waals surface area contributed by atoms with Crippen LogP contribution < -0.4 is 14.9 Å². The van der Waals surface area contributed by atoms with Gasteiger partial charge in [-0.25, -0.2) is 26.9 Å². The molecule has 2 aliphatic rings. The number of alkyl halides is 2. The Morgan fingerprint density at radius 3 is 2.74 bits per heavy atom. The first-order valence-electron chi connectivity index (χ1n) is 11.3. The van der Waals surface area contributed by atoms with Crippen LogP contribution in [0.5, 0.6) is 0 Å². The van der Waals surface area contributed by atoms with E-state index in [-0.39, 0.29) is 22.1 Å². The molecule has 1 saturated heterocycles. The molecule has 10 nitrogen and oxygen atoms in total. The number of rotatable bonds is 8. The molecule has 0 radical (unpaired) electrons. The molecule has 2 atom stereocenters. The Hall–Kier alpha value is -2.26. The lowest BCUT2D eigenvalue weighted by molar-refractivity contribution is 0.150. The first kappa shape index (κ1) is 24.4. The highest BCUT2D eigenvalue weighted by atomic mass is 32.2. The van der Waals surface area contributed by atoms with Crippen LogP contribution in [-0.2, 0) is 14.8 Å². The van der Waals surface area contributed by atoms with Gasteiger partial charge in [0.05, 0.1) is 22.7 Å². The van der Waals surface area contributed by atoms with Crippen LogP contribution in [0.2, 0.25) is 0 Å².